The average molecular weight is 266 g/mol. The van der Waals surface area contributed by atoms with E-state index in [2.05, 4.69) is 51.8 Å². The first-order valence-corrected chi connectivity index (χ1v) is 8.13. The number of piperidine rings is 1. The van der Waals surface area contributed by atoms with Crippen LogP contribution < -0.4 is 5.32 Å². The maximum absolute atomic E-state index is 3.82. The molecule has 2 aliphatic rings. The van der Waals surface area contributed by atoms with Crippen molar-refractivity contribution in [2.24, 2.45) is 10.8 Å². The molecule has 2 heteroatoms. The van der Waals surface area contributed by atoms with E-state index >= 15 is 0 Å². The van der Waals surface area contributed by atoms with Crippen LogP contribution in [0.15, 0.2) is 0 Å². The molecular weight excluding hydrogens is 232 g/mol. The SMILES string of the molecule is CC(C)(C)CNC1C[C@H]2CC[C@@H](C1)N2CC(C)(C)C. The molecule has 0 aromatic heterocycles. The Kier molecular flexibility index (Phi) is 4.32. The van der Waals surface area contributed by atoms with Gasteiger partial charge in [0.2, 0.25) is 0 Å². The van der Waals surface area contributed by atoms with E-state index in [-0.39, 0.29) is 0 Å². The van der Waals surface area contributed by atoms with Gasteiger partial charge in [0.1, 0.15) is 0 Å². The van der Waals surface area contributed by atoms with Crippen LogP contribution in [0.2, 0.25) is 0 Å². The highest BCUT2D eigenvalue weighted by Crippen LogP contribution is 2.37. The van der Waals surface area contributed by atoms with Crippen LogP contribution in [0.25, 0.3) is 0 Å². The maximum atomic E-state index is 3.82. The Morgan fingerprint density at radius 2 is 1.42 bits per heavy atom. The van der Waals surface area contributed by atoms with Crippen molar-refractivity contribution in [2.75, 3.05) is 13.1 Å². The molecule has 0 aromatic carbocycles. The molecule has 3 atom stereocenters. The average Bonchev–Trinajstić information content (AvgIpc) is 2.48. The number of hydrogen-bond acceptors (Lipinski definition) is 2. The lowest BCUT2D eigenvalue weighted by molar-refractivity contribution is 0.0774. The lowest BCUT2D eigenvalue weighted by Crippen LogP contribution is -2.52. The third-order valence-electron chi connectivity index (χ3n) is 4.46. The van der Waals surface area contributed by atoms with Gasteiger partial charge < -0.3 is 5.32 Å². The van der Waals surface area contributed by atoms with Gasteiger partial charge in [0, 0.05) is 31.2 Å². The van der Waals surface area contributed by atoms with Gasteiger partial charge in [0.25, 0.3) is 0 Å². The number of hydrogen-bond donors (Lipinski definition) is 1. The zero-order valence-electron chi connectivity index (χ0n) is 13.9. The van der Waals surface area contributed by atoms with Crippen LogP contribution in [0.5, 0.6) is 0 Å². The maximum Gasteiger partial charge on any atom is 0.0114 e. The van der Waals surface area contributed by atoms with Gasteiger partial charge >= 0.3 is 0 Å². The summed E-state index contributed by atoms with van der Waals surface area (Å²) in [6.07, 6.45) is 5.58. The van der Waals surface area contributed by atoms with Crippen molar-refractivity contribution in [3.05, 3.63) is 0 Å². The highest BCUT2D eigenvalue weighted by molar-refractivity contribution is 4.98. The summed E-state index contributed by atoms with van der Waals surface area (Å²) in [7, 11) is 0. The summed E-state index contributed by atoms with van der Waals surface area (Å²) in [6.45, 7) is 16.5. The van der Waals surface area contributed by atoms with Gasteiger partial charge in [0.05, 0.1) is 0 Å². The molecule has 2 rings (SSSR count). The van der Waals surface area contributed by atoms with E-state index in [4.69, 9.17) is 0 Å². The molecule has 0 amide bonds. The van der Waals surface area contributed by atoms with Crippen LogP contribution >= 0.6 is 0 Å². The lowest BCUT2D eigenvalue weighted by Gasteiger charge is -2.42. The van der Waals surface area contributed by atoms with Crippen LogP contribution in [-0.2, 0) is 0 Å². The van der Waals surface area contributed by atoms with Crippen LogP contribution in [0.3, 0.4) is 0 Å². The van der Waals surface area contributed by atoms with Gasteiger partial charge in [-0.3, -0.25) is 4.90 Å². The highest BCUT2D eigenvalue weighted by Gasteiger charge is 2.41. The van der Waals surface area contributed by atoms with Crippen molar-refractivity contribution >= 4 is 0 Å². The predicted molar refractivity (Wildman–Crippen MR) is 83.5 cm³/mol. The van der Waals surface area contributed by atoms with Gasteiger partial charge in [-0.2, -0.15) is 0 Å². The molecule has 2 bridgehead atoms. The van der Waals surface area contributed by atoms with Crippen molar-refractivity contribution in [3.63, 3.8) is 0 Å². The Morgan fingerprint density at radius 1 is 0.895 bits per heavy atom. The Labute approximate surface area is 120 Å². The van der Waals surface area contributed by atoms with Gasteiger partial charge in [-0.05, 0) is 36.5 Å². The molecule has 0 saturated carbocycles. The quantitative estimate of drug-likeness (QED) is 0.838. The fraction of sp³-hybridized carbons (Fsp3) is 1.00. The summed E-state index contributed by atoms with van der Waals surface area (Å²) in [5, 5.41) is 3.82. The minimum Gasteiger partial charge on any atom is -0.313 e. The van der Waals surface area contributed by atoms with E-state index < -0.39 is 0 Å². The number of nitrogens with one attached hydrogen (secondary N) is 1. The fourth-order valence-corrected chi connectivity index (χ4v) is 3.70. The molecule has 0 aliphatic carbocycles. The normalized spacial score (nSPS) is 32.8. The fourth-order valence-electron chi connectivity index (χ4n) is 3.70. The van der Waals surface area contributed by atoms with Crippen molar-refractivity contribution in [3.8, 4) is 0 Å². The van der Waals surface area contributed by atoms with E-state index in [0.29, 0.717) is 10.8 Å². The molecule has 0 radical (unpaired) electrons. The minimum absolute atomic E-state index is 0.404. The standard InChI is InChI=1S/C17H34N2/c1-16(2,3)11-18-13-9-14-7-8-15(10-13)19(14)12-17(4,5)6/h13-15,18H,7-12H2,1-6H3/t13?,14-,15+. The monoisotopic (exact) mass is 266 g/mol. The van der Waals surface area contributed by atoms with Crippen LogP contribution in [0, 0.1) is 10.8 Å². The topological polar surface area (TPSA) is 15.3 Å². The Bertz CT molecular complexity index is 283. The van der Waals surface area contributed by atoms with Crippen molar-refractivity contribution in [1.82, 2.24) is 10.2 Å². The third kappa shape index (κ3) is 4.46. The van der Waals surface area contributed by atoms with Crippen molar-refractivity contribution in [1.29, 1.82) is 0 Å². The molecular formula is C17H34N2. The second kappa shape index (κ2) is 5.37. The summed E-state index contributed by atoms with van der Waals surface area (Å²) in [6, 6.07) is 2.44. The second-order valence-electron chi connectivity index (χ2n) is 9.23. The molecule has 2 heterocycles. The largest absolute Gasteiger partial charge is 0.313 e. The minimum atomic E-state index is 0.404. The van der Waals surface area contributed by atoms with Crippen LogP contribution in [0.4, 0.5) is 0 Å². The van der Waals surface area contributed by atoms with E-state index in [0.717, 1.165) is 24.7 Å². The summed E-state index contributed by atoms with van der Waals surface area (Å²) >= 11 is 0. The van der Waals surface area contributed by atoms with Gasteiger partial charge in [-0.1, -0.05) is 41.5 Å². The summed E-state index contributed by atoms with van der Waals surface area (Å²) in [4.78, 5) is 2.81. The van der Waals surface area contributed by atoms with Gasteiger partial charge in [-0.25, -0.2) is 0 Å². The van der Waals surface area contributed by atoms with E-state index in [1.54, 1.807) is 0 Å². The zero-order chi connectivity index (χ0) is 14.3. The van der Waals surface area contributed by atoms with Gasteiger partial charge in [0.15, 0.2) is 0 Å². The first-order chi connectivity index (χ1) is 8.64. The number of rotatable bonds is 3. The summed E-state index contributed by atoms with van der Waals surface area (Å²) < 4.78 is 0. The highest BCUT2D eigenvalue weighted by atomic mass is 15.2. The smallest absolute Gasteiger partial charge is 0.0114 e. The molecule has 1 unspecified atom stereocenters. The van der Waals surface area contributed by atoms with Crippen LogP contribution in [-0.4, -0.2) is 36.1 Å². The van der Waals surface area contributed by atoms with Crippen molar-refractivity contribution in [2.45, 2.75) is 85.4 Å². The zero-order valence-corrected chi connectivity index (χ0v) is 13.9. The molecule has 1 N–H and O–H groups in total. The Hall–Kier alpha value is -0.0800. The van der Waals surface area contributed by atoms with E-state index in [9.17, 15) is 0 Å². The molecule has 2 nitrogen and oxygen atoms in total. The first kappa shape index (κ1) is 15.3. The third-order valence-corrected chi connectivity index (χ3v) is 4.46. The van der Waals surface area contributed by atoms with E-state index in [1.807, 2.05) is 0 Å². The number of fused-ring (bicyclic) bond motifs is 2. The van der Waals surface area contributed by atoms with Crippen molar-refractivity contribution < 1.29 is 0 Å². The Morgan fingerprint density at radius 3 is 1.84 bits per heavy atom. The van der Waals surface area contributed by atoms with Crippen LogP contribution in [0.1, 0.15) is 67.2 Å². The molecule has 2 aliphatic heterocycles. The predicted octanol–water partition coefficient (Wildman–Crippen LogP) is 3.66. The van der Waals surface area contributed by atoms with E-state index in [1.165, 1.54) is 32.2 Å². The number of nitrogens with zero attached hydrogens (tertiary/aromatic N) is 1. The summed E-state index contributed by atoms with van der Waals surface area (Å²) in [5.74, 6) is 0. The second-order valence-corrected chi connectivity index (χ2v) is 9.23. The first-order valence-electron chi connectivity index (χ1n) is 8.13. The lowest BCUT2D eigenvalue weighted by atomic mass is 9.90. The molecule has 2 fully saturated rings. The molecule has 0 aromatic rings. The Balaban J connectivity index is 1.87. The molecule has 19 heavy (non-hydrogen) atoms. The van der Waals surface area contributed by atoms with Gasteiger partial charge in [-0.15, -0.1) is 0 Å². The molecule has 0 spiro atoms. The molecule has 112 valence electrons. The molecule has 2 saturated heterocycles. The summed E-state index contributed by atoms with van der Waals surface area (Å²) in [5.41, 5.74) is 0.841.